The Kier molecular flexibility index (Phi) is 5.16. The highest BCUT2D eigenvalue weighted by Crippen LogP contribution is 2.28. The number of carbonyl (C=O) groups is 1. The molecule has 3 aromatic rings. The molecular weight excluding hydrogens is 348 g/mol. The van der Waals surface area contributed by atoms with Crippen LogP contribution in [0.4, 0.5) is 0 Å². The second-order valence-electron chi connectivity index (χ2n) is 6.32. The third-order valence-electron chi connectivity index (χ3n) is 4.17. The molecule has 1 heterocycles. The zero-order chi connectivity index (χ0) is 19.6. The van der Waals surface area contributed by atoms with Crippen molar-refractivity contribution in [2.45, 2.75) is 19.8 Å². The molecule has 0 bridgehead atoms. The number of esters is 1. The van der Waals surface area contributed by atoms with Crippen LogP contribution in [0.3, 0.4) is 0 Å². The summed E-state index contributed by atoms with van der Waals surface area (Å²) in [6.45, 7) is 4.00. The second-order valence-corrected chi connectivity index (χ2v) is 6.32. The molecule has 0 unspecified atom stereocenters. The van der Waals surface area contributed by atoms with Gasteiger partial charge in [-0.15, -0.1) is 0 Å². The molecule has 0 radical (unpaired) electrons. The molecule has 0 saturated carbocycles. The van der Waals surface area contributed by atoms with Gasteiger partial charge in [-0.25, -0.2) is 9.59 Å². The molecule has 0 fully saturated rings. The first kappa shape index (κ1) is 18.5. The van der Waals surface area contributed by atoms with Crippen molar-refractivity contribution in [1.82, 2.24) is 0 Å². The third-order valence-corrected chi connectivity index (χ3v) is 4.17. The zero-order valence-electron chi connectivity index (χ0n) is 15.6. The Morgan fingerprint density at radius 3 is 2.19 bits per heavy atom. The largest absolute Gasteiger partial charge is 0.497 e. The first-order valence-corrected chi connectivity index (χ1v) is 8.44. The van der Waals surface area contributed by atoms with Crippen LogP contribution < -0.4 is 19.8 Å². The normalized spacial score (nSPS) is 10.9. The van der Waals surface area contributed by atoms with Crippen molar-refractivity contribution >= 4 is 16.9 Å². The maximum atomic E-state index is 12.5. The van der Waals surface area contributed by atoms with Crippen LogP contribution in [0.5, 0.6) is 17.2 Å². The molecule has 0 aliphatic rings. The van der Waals surface area contributed by atoms with E-state index in [4.69, 9.17) is 18.6 Å². The van der Waals surface area contributed by atoms with Crippen molar-refractivity contribution in [3.05, 3.63) is 64.0 Å². The van der Waals surface area contributed by atoms with Crippen molar-refractivity contribution in [2.24, 2.45) is 0 Å². The van der Waals surface area contributed by atoms with E-state index in [1.807, 2.05) is 13.8 Å². The molecule has 0 saturated heterocycles. The fourth-order valence-corrected chi connectivity index (χ4v) is 2.80. The number of methoxy groups -OCH3 is 2. The number of fused-ring (bicyclic) bond motifs is 1. The monoisotopic (exact) mass is 368 g/mol. The maximum absolute atomic E-state index is 12.5. The summed E-state index contributed by atoms with van der Waals surface area (Å²) < 4.78 is 21.0. The van der Waals surface area contributed by atoms with E-state index in [0.29, 0.717) is 17.1 Å². The van der Waals surface area contributed by atoms with Gasteiger partial charge in [0, 0.05) is 23.6 Å². The van der Waals surface area contributed by atoms with Gasteiger partial charge in [-0.2, -0.15) is 0 Å². The van der Waals surface area contributed by atoms with Gasteiger partial charge in [0.05, 0.1) is 19.8 Å². The zero-order valence-corrected chi connectivity index (χ0v) is 15.6. The summed E-state index contributed by atoms with van der Waals surface area (Å²) in [4.78, 5) is 24.3. The molecule has 1 aromatic heterocycles. The summed E-state index contributed by atoms with van der Waals surface area (Å²) in [5, 5.41) is 0.812. The summed E-state index contributed by atoms with van der Waals surface area (Å²) >= 11 is 0. The fourth-order valence-electron chi connectivity index (χ4n) is 2.80. The average Bonchev–Trinajstić information content (AvgIpc) is 2.66. The summed E-state index contributed by atoms with van der Waals surface area (Å²) in [6.07, 6.45) is 0. The lowest BCUT2D eigenvalue weighted by molar-refractivity contribution is 0.0734. The maximum Gasteiger partial charge on any atom is 0.343 e. The van der Waals surface area contributed by atoms with E-state index >= 15 is 0 Å². The van der Waals surface area contributed by atoms with Crippen molar-refractivity contribution < 1.29 is 23.4 Å². The minimum atomic E-state index is -0.575. The quantitative estimate of drug-likeness (QED) is 0.383. The Hall–Kier alpha value is -3.28. The summed E-state index contributed by atoms with van der Waals surface area (Å²) in [6, 6.07) is 11.3. The van der Waals surface area contributed by atoms with E-state index in [0.717, 1.165) is 10.9 Å². The van der Waals surface area contributed by atoms with Gasteiger partial charge >= 0.3 is 11.6 Å². The highest BCUT2D eigenvalue weighted by molar-refractivity contribution is 5.92. The van der Waals surface area contributed by atoms with Crippen molar-refractivity contribution in [2.75, 3.05) is 14.2 Å². The molecule has 140 valence electrons. The minimum absolute atomic E-state index is 0.161. The summed E-state index contributed by atoms with van der Waals surface area (Å²) in [5.41, 5.74) is 1.10. The molecule has 0 atom stereocenters. The highest BCUT2D eigenvalue weighted by atomic mass is 16.5. The van der Waals surface area contributed by atoms with Crippen LogP contribution in [-0.2, 0) is 0 Å². The number of carbonyl (C=O) groups excluding carboxylic acids is 1. The van der Waals surface area contributed by atoms with Gasteiger partial charge in [-0.05, 0) is 35.7 Å². The Bertz CT molecular complexity index is 1030. The fraction of sp³-hybridized carbons (Fsp3) is 0.238. The van der Waals surface area contributed by atoms with Crippen molar-refractivity contribution in [3.8, 4) is 17.2 Å². The number of rotatable bonds is 5. The van der Waals surface area contributed by atoms with Crippen LogP contribution in [0.2, 0.25) is 0 Å². The topological polar surface area (TPSA) is 75.0 Å². The SMILES string of the molecule is COc1cc(OC)cc(C(=O)Oc2ccc3c(C(C)C)cc(=O)oc3c2)c1. The van der Waals surface area contributed by atoms with Crippen LogP contribution in [0.25, 0.3) is 11.0 Å². The lowest BCUT2D eigenvalue weighted by Gasteiger charge is -2.11. The molecule has 0 N–H and O–H groups in total. The van der Waals surface area contributed by atoms with Gasteiger partial charge in [0.25, 0.3) is 0 Å². The van der Waals surface area contributed by atoms with Crippen molar-refractivity contribution in [1.29, 1.82) is 0 Å². The Balaban J connectivity index is 1.95. The Labute approximate surface area is 156 Å². The third kappa shape index (κ3) is 3.95. The smallest absolute Gasteiger partial charge is 0.343 e. The first-order valence-electron chi connectivity index (χ1n) is 8.44. The Morgan fingerprint density at radius 2 is 1.59 bits per heavy atom. The average molecular weight is 368 g/mol. The number of benzene rings is 2. The summed E-state index contributed by atoms with van der Waals surface area (Å²) in [5.74, 6) is 0.821. The van der Waals surface area contributed by atoms with Gasteiger partial charge in [-0.3, -0.25) is 0 Å². The lowest BCUT2D eigenvalue weighted by Crippen LogP contribution is -2.09. The standard InChI is InChI=1S/C21H20O6/c1-12(2)18-11-20(22)27-19-10-14(5-6-17(18)19)26-21(23)13-7-15(24-3)9-16(8-13)25-4/h5-12H,1-4H3. The molecule has 6 heteroatoms. The van der Waals surface area contributed by atoms with Crippen LogP contribution in [-0.4, -0.2) is 20.2 Å². The van der Waals surface area contributed by atoms with Gasteiger partial charge in [0.15, 0.2) is 0 Å². The van der Waals surface area contributed by atoms with Crippen LogP contribution in [0, 0.1) is 0 Å². The van der Waals surface area contributed by atoms with E-state index in [2.05, 4.69) is 0 Å². The van der Waals surface area contributed by atoms with E-state index < -0.39 is 11.6 Å². The molecule has 27 heavy (non-hydrogen) atoms. The molecular formula is C21H20O6. The van der Waals surface area contributed by atoms with E-state index in [-0.39, 0.29) is 17.2 Å². The first-order chi connectivity index (χ1) is 12.9. The second kappa shape index (κ2) is 7.53. The Morgan fingerprint density at radius 1 is 0.926 bits per heavy atom. The lowest BCUT2D eigenvalue weighted by atomic mass is 10.00. The van der Waals surface area contributed by atoms with Gasteiger partial charge < -0.3 is 18.6 Å². The molecule has 0 aliphatic carbocycles. The number of hydrogen-bond donors (Lipinski definition) is 0. The van der Waals surface area contributed by atoms with Crippen LogP contribution in [0.15, 0.2) is 51.7 Å². The van der Waals surface area contributed by atoms with E-state index in [1.54, 1.807) is 30.3 Å². The molecule has 0 spiro atoms. The molecule has 6 nitrogen and oxygen atoms in total. The highest BCUT2D eigenvalue weighted by Gasteiger charge is 2.14. The predicted octanol–water partition coefficient (Wildman–Crippen LogP) is 4.15. The van der Waals surface area contributed by atoms with Gasteiger partial charge in [0.1, 0.15) is 22.8 Å². The number of hydrogen-bond acceptors (Lipinski definition) is 6. The molecule has 3 rings (SSSR count). The van der Waals surface area contributed by atoms with Gasteiger partial charge in [-0.1, -0.05) is 13.8 Å². The van der Waals surface area contributed by atoms with E-state index in [9.17, 15) is 9.59 Å². The minimum Gasteiger partial charge on any atom is -0.497 e. The van der Waals surface area contributed by atoms with Crippen LogP contribution >= 0.6 is 0 Å². The predicted molar refractivity (Wildman–Crippen MR) is 101 cm³/mol. The summed E-state index contributed by atoms with van der Waals surface area (Å²) in [7, 11) is 3.00. The molecule has 2 aromatic carbocycles. The number of ether oxygens (including phenoxy) is 3. The van der Waals surface area contributed by atoms with Crippen molar-refractivity contribution in [3.63, 3.8) is 0 Å². The van der Waals surface area contributed by atoms with Crippen LogP contribution in [0.1, 0.15) is 35.7 Å². The van der Waals surface area contributed by atoms with E-state index in [1.165, 1.54) is 26.4 Å². The molecule has 0 amide bonds. The van der Waals surface area contributed by atoms with Gasteiger partial charge in [0.2, 0.25) is 0 Å². The molecule has 0 aliphatic heterocycles.